The molecule has 1 unspecified atom stereocenters. The maximum Gasteiger partial charge on any atom is 0.179 e. The van der Waals surface area contributed by atoms with Crippen molar-refractivity contribution in [2.24, 2.45) is 0 Å². The lowest BCUT2D eigenvalue weighted by atomic mass is 10.2. The van der Waals surface area contributed by atoms with Crippen LogP contribution in [0.1, 0.15) is 24.4 Å². The summed E-state index contributed by atoms with van der Waals surface area (Å²) in [6.07, 6.45) is 3.29. The van der Waals surface area contributed by atoms with Crippen LogP contribution in [0.15, 0.2) is 12.3 Å². The number of aryl methyl sites for hydroxylation is 1. The zero-order valence-corrected chi connectivity index (χ0v) is 12.2. The van der Waals surface area contributed by atoms with E-state index in [-0.39, 0.29) is 17.5 Å². The van der Waals surface area contributed by atoms with Gasteiger partial charge < -0.3 is 4.98 Å². The third-order valence-corrected chi connectivity index (χ3v) is 5.60. The lowest BCUT2D eigenvalue weighted by molar-refractivity contribution is 0.473. The second-order valence-corrected chi connectivity index (χ2v) is 7.71. The molecule has 1 atom stereocenters. The summed E-state index contributed by atoms with van der Waals surface area (Å²) < 4.78 is 26.0. The highest BCUT2D eigenvalue weighted by Gasteiger charge is 2.27. The number of sulfone groups is 1. The number of aromatic amines is 1. The Morgan fingerprint density at radius 3 is 3.05 bits per heavy atom. The Hall–Kier alpha value is -1.21. The van der Waals surface area contributed by atoms with Gasteiger partial charge in [0.2, 0.25) is 0 Å². The molecular formula is C12H15N3O2S2. The molecule has 7 heteroatoms. The number of rotatable bonds is 1. The highest BCUT2D eigenvalue weighted by molar-refractivity contribution is 7.91. The van der Waals surface area contributed by atoms with Gasteiger partial charge in [-0.2, -0.15) is 0 Å². The third-order valence-electron chi connectivity index (χ3n) is 3.50. The van der Waals surface area contributed by atoms with Crippen LogP contribution in [0.3, 0.4) is 0 Å². The van der Waals surface area contributed by atoms with Crippen LogP contribution >= 0.6 is 12.2 Å². The van der Waals surface area contributed by atoms with E-state index < -0.39 is 9.84 Å². The number of H-pyrrole nitrogens is 1. The Morgan fingerprint density at radius 1 is 1.53 bits per heavy atom. The second kappa shape index (κ2) is 4.42. The minimum atomic E-state index is -2.96. The number of hydrogen-bond donors (Lipinski definition) is 1. The topological polar surface area (TPSA) is 67.8 Å². The van der Waals surface area contributed by atoms with Crippen molar-refractivity contribution in [3.8, 4) is 0 Å². The number of pyridine rings is 1. The fourth-order valence-electron chi connectivity index (χ4n) is 2.66. The molecule has 0 saturated carbocycles. The molecule has 5 nitrogen and oxygen atoms in total. The van der Waals surface area contributed by atoms with Crippen LogP contribution in [0.5, 0.6) is 0 Å². The molecule has 1 N–H and O–H groups in total. The quantitative estimate of drug-likeness (QED) is 0.819. The molecule has 0 aliphatic carbocycles. The minimum Gasteiger partial charge on any atom is -0.329 e. The van der Waals surface area contributed by atoms with Crippen molar-refractivity contribution in [3.63, 3.8) is 0 Å². The fourth-order valence-corrected chi connectivity index (χ4v) is 4.68. The van der Waals surface area contributed by atoms with E-state index in [2.05, 4.69) is 9.97 Å². The molecule has 1 saturated heterocycles. The van der Waals surface area contributed by atoms with Gasteiger partial charge in [0, 0.05) is 6.20 Å². The molecule has 1 fully saturated rings. The Labute approximate surface area is 116 Å². The van der Waals surface area contributed by atoms with Gasteiger partial charge in [-0.15, -0.1) is 0 Å². The molecule has 2 aromatic rings. The van der Waals surface area contributed by atoms with Gasteiger partial charge in [0.15, 0.2) is 20.3 Å². The second-order valence-electron chi connectivity index (χ2n) is 5.09. The Balaban J connectivity index is 2.15. The van der Waals surface area contributed by atoms with Gasteiger partial charge in [-0.05, 0) is 43.6 Å². The lowest BCUT2D eigenvalue weighted by Gasteiger charge is -2.23. The lowest BCUT2D eigenvalue weighted by Crippen LogP contribution is -2.27. The standard InChI is InChI=1S/C12H15N3O2S2/c1-8-5-10-11(13-6-8)15(12(18)14-10)9-3-2-4-19(16,17)7-9/h5-6,9H,2-4,7H2,1H3,(H,14,18). The van der Waals surface area contributed by atoms with Crippen molar-refractivity contribution in [1.82, 2.24) is 14.5 Å². The summed E-state index contributed by atoms with van der Waals surface area (Å²) in [5.74, 6) is 0.440. The van der Waals surface area contributed by atoms with E-state index in [4.69, 9.17) is 12.2 Å². The monoisotopic (exact) mass is 297 g/mol. The van der Waals surface area contributed by atoms with E-state index in [1.165, 1.54) is 0 Å². The van der Waals surface area contributed by atoms with Crippen LogP contribution < -0.4 is 0 Å². The largest absolute Gasteiger partial charge is 0.329 e. The molecule has 2 aromatic heterocycles. The molecule has 0 bridgehead atoms. The van der Waals surface area contributed by atoms with Gasteiger partial charge in [-0.3, -0.25) is 4.57 Å². The summed E-state index contributed by atoms with van der Waals surface area (Å²) in [6.45, 7) is 1.96. The molecule has 0 spiro atoms. The van der Waals surface area contributed by atoms with Crippen LogP contribution in [-0.2, 0) is 9.84 Å². The Kier molecular flexibility index (Phi) is 2.98. The number of aromatic nitrogens is 3. The summed E-state index contributed by atoms with van der Waals surface area (Å²) in [4.78, 5) is 7.51. The van der Waals surface area contributed by atoms with Gasteiger partial charge in [0.05, 0.1) is 23.1 Å². The molecule has 19 heavy (non-hydrogen) atoms. The van der Waals surface area contributed by atoms with Gasteiger partial charge >= 0.3 is 0 Å². The number of nitrogens with one attached hydrogen (secondary N) is 1. The predicted molar refractivity (Wildman–Crippen MR) is 76.6 cm³/mol. The van der Waals surface area contributed by atoms with Gasteiger partial charge in [-0.25, -0.2) is 13.4 Å². The first-order valence-corrected chi connectivity index (χ1v) is 8.46. The SMILES string of the molecule is Cc1cnc2c(c1)[nH]c(=S)n2C1CCCS(=O)(=O)C1. The first-order valence-electron chi connectivity index (χ1n) is 6.23. The van der Waals surface area contributed by atoms with Crippen molar-refractivity contribution >= 4 is 33.2 Å². The van der Waals surface area contributed by atoms with E-state index >= 15 is 0 Å². The van der Waals surface area contributed by atoms with E-state index in [0.717, 1.165) is 23.1 Å². The van der Waals surface area contributed by atoms with Crippen molar-refractivity contribution in [2.45, 2.75) is 25.8 Å². The molecule has 1 aliphatic heterocycles. The van der Waals surface area contributed by atoms with Crippen LogP contribution in [-0.4, -0.2) is 34.5 Å². The van der Waals surface area contributed by atoms with E-state index in [1.54, 1.807) is 6.20 Å². The average molecular weight is 297 g/mol. The molecule has 0 amide bonds. The number of nitrogens with zero attached hydrogens (tertiary/aromatic N) is 2. The van der Waals surface area contributed by atoms with Crippen molar-refractivity contribution in [3.05, 3.63) is 22.6 Å². The van der Waals surface area contributed by atoms with Crippen LogP contribution in [0.2, 0.25) is 0 Å². The Morgan fingerprint density at radius 2 is 2.32 bits per heavy atom. The van der Waals surface area contributed by atoms with Crippen LogP contribution in [0.25, 0.3) is 11.2 Å². The van der Waals surface area contributed by atoms with Gasteiger partial charge in [0.25, 0.3) is 0 Å². The van der Waals surface area contributed by atoms with Gasteiger partial charge in [-0.1, -0.05) is 0 Å². The zero-order chi connectivity index (χ0) is 13.6. The predicted octanol–water partition coefficient (Wildman–Crippen LogP) is 2.15. The maximum atomic E-state index is 11.8. The summed E-state index contributed by atoms with van der Waals surface area (Å²) in [5, 5.41) is 0. The first-order chi connectivity index (χ1) is 8.96. The fraction of sp³-hybridized carbons (Fsp3) is 0.500. The molecule has 3 heterocycles. The summed E-state index contributed by atoms with van der Waals surface area (Å²) in [7, 11) is -2.96. The molecule has 0 radical (unpaired) electrons. The third kappa shape index (κ3) is 2.32. The molecular weight excluding hydrogens is 282 g/mol. The zero-order valence-electron chi connectivity index (χ0n) is 10.6. The van der Waals surface area contributed by atoms with Gasteiger partial charge in [0.1, 0.15) is 0 Å². The highest BCUT2D eigenvalue weighted by Crippen LogP contribution is 2.27. The molecule has 0 aromatic carbocycles. The molecule has 3 rings (SSSR count). The Bertz CT molecular complexity index is 789. The maximum absolute atomic E-state index is 11.8. The average Bonchev–Trinajstić information content (AvgIpc) is 2.62. The van der Waals surface area contributed by atoms with E-state index in [1.807, 2.05) is 17.6 Å². The normalized spacial score (nSPS) is 22.7. The first kappa shape index (κ1) is 12.8. The van der Waals surface area contributed by atoms with Crippen molar-refractivity contribution in [1.29, 1.82) is 0 Å². The van der Waals surface area contributed by atoms with Crippen molar-refractivity contribution < 1.29 is 8.42 Å². The van der Waals surface area contributed by atoms with Crippen molar-refractivity contribution in [2.75, 3.05) is 11.5 Å². The highest BCUT2D eigenvalue weighted by atomic mass is 32.2. The number of imidazole rings is 1. The number of hydrogen-bond acceptors (Lipinski definition) is 4. The molecule has 102 valence electrons. The number of fused-ring (bicyclic) bond motifs is 1. The van der Waals surface area contributed by atoms with Crippen LogP contribution in [0, 0.1) is 11.7 Å². The smallest absolute Gasteiger partial charge is 0.179 e. The van der Waals surface area contributed by atoms with E-state index in [0.29, 0.717) is 11.2 Å². The summed E-state index contributed by atoms with van der Waals surface area (Å²) >= 11 is 5.32. The summed E-state index contributed by atoms with van der Waals surface area (Å²) in [5.41, 5.74) is 2.66. The molecule has 1 aliphatic rings. The minimum absolute atomic E-state index is 0.102. The van der Waals surface area contributed by atoms with Crippen LogP contribution in [0.4, 0.5) is 0 Å². The van der Waals surface area contributed by atoms with E-state index in [9.17, 15) is 8.42 Å². The summed E-state index contributed by atoms with van der Waals surface area (Å²) in [6, 6.07) is 1.88.